The van der Waals surface area contributed by atoms with Crippen molar-refractivity contribution >= 4 is 20.7 Å². The summed E-state index contributed by atoms with van der Waals surface area (Å²) >= 11 is 0. The van der Waals surface area contributed by atoms with E-state index in [-0.39, 0.29) is 0 Å². The average Bonchev–Trinajstić information content (AvgIpc) is 3.21. The second-order valence-electron chi connectivity index (χ2n) is 8.87. The summed E-state index contributed by atoms with van der Waals surface area (Å²) in [6.45, 7) is 4.18. The van der Waals surface area contributed by atoms with Crippen molar-refractivity contribution in [2.45, 2.75) is 62.5 Å². The van der Waals surface area contributed by atoms with E-state index in [9.17, 15) is 8.42 Å². The maximum absolute atomic E-state index is 14.1. The van der Waals surface area contributed by atoms with Gasteiger partial charge in [0.05, 0.1) is 15.8 Å². The Kier molecular flexibility index (Phi) is 7.34. The number of unbranched alkanes of at least 4 members (excludes halogenated alkanes) is 4. The fraction of sp³-hybridized carbons (Fsp3) is 0.310. The molecule has 0 saturated heterocycles. The molecule has 0 aliphatic heterocycles. The average molecular weight is 460 g/mol. The van der Waals surface area contributed by atoms with Gasteiger partial charge in [0.25, 0.3) is 0 Å². The van der Waals surface area contributed by atoms with Crippen molar-refractivity contribution in [2.24, 2.45) is 0 Å². The van der Waals surface area contributed by atoms with Crippen molar-refractivity contribution in [1.29, 1.82) is 0 Å². The fourth-order valence-electron chi connectivity index (χ4n) is 4.61. The predicted octanol–water partition coefficient (Wildman–Crippen LogP) is 8.02. The zero-order valence-corrected chi connectivity index (χ0v) is 20.4. The number of hydrogen-bond donors (Lipinski definition) is 1. The molecule has 172 valence electrons. The first-order valence-electron chi connectivity index (χ1n) is 12.0. The monoisotopic (exact) mass is 459 g/mol. The summed E-state index contributed by atoms with van der Waals surface area (Å²) in [5.74, 6) is 0. The third-order valence-corrected chi connectivity index (χ3v) is 8.57. The van der Waals surface area contributed by atoms with E-state index in [1.165, 1.54) is 12.8 Å². The summed E-state index contributed by atoms with van der Waals surface area (Å²) in [5, 5.41) is 0.388. The number of hydrogen-bond acceptors (Lipinski definition) is 2. The van der Waals surface area contributed by atoms with Crippen LogP contribution in [0.3, 0.4) is 0 Å². The first kappa shape index (κ1) is 23.3. The van der Waals surface area contributed by atoms with Crippen LogP contribution in [0.4, 0.5) is 0 Å². The van der Waals surface area contributed by atoms with Gasteiger partial charge in [-0.1, -0.05) is 105 Å². The molecule has 0 saturated carbocycles. The first-order valence-corrected chi connectivity index (χ1v) is 13.5. The molecule has 1 unspecified atom stereocenters. The number of rotatable bonds is 10. The van der Waals surface area contributed by atoms with Crippen LogP contribution >= 0.6 is 0 Å². The van der Waals surface area contributed by atoms with Crippen LogP contribution in [0.15, 0.2) is 83.8 Å². The van der Waals surface area contributed by atoms with E-state index in [2.05, 4.69) is 11.9 Å². The van der Waals surface area contributed by atoms with Crippen molar-refractivity contribution < 1.29 is 8.42 Å². The molecule has 3 aromatic carbocycles. The molecular weight excluding hydrogens is 426 g/mol. The van der Waals surface area contributed by atoms with E-state index >= 15 is 0 Å². The third-order valence-electron chi connectivity index (χ3n) is 6.42. The lowest BCUT2D eigenvalue weighted by Gasteiger charge is -2.20. The van der Waals surface area contributed by atoms with Gasteiger partial charge in [-0.25, -0.2) is 8.42 Å². The van der Waals surface area contributed by atoms with Gasteiger partial charge in [0.1, 0.15) is 0 Å². The number of aromatic nitrogens is 1. The van der Waals surface area contributed by atoms with Gasteiger partial charge in [-0.05, 0) is 37.1 Å². The molecule has 1 aromatic heterocycles. The minimum Gasteiger partial charge on any atom is -0.354 e. The third kappa shape index (κ3) is 5.06. The highest BCUT2D eigenvalue weighted by atomic mass is 32.2. The second kappa shape index (κ2) is 10.4. The molecule has 33 heavy (non-hydrogen) atoms. The molecule has 4 heteroatoms. The summed E-state index contributed by atoms with van der Waals surface area (Å²) in [6.07, 6.45) is 6.07. The summed E-state index contributed by atoms with van der Waals surface area (Å²) in [4.78, 5) is 3.94. The van der Waals surface area contributed by atoms with Crippen LogP contribution in [0.5, 0.6) is 0 Å². The number of aromatic amines is 1. The molecule has 0 amide bonds. The number of benzene rings is 3. The number of sulfone groups is 1. The topological polar surface area (TPSA) is 49.9 Å². The maximum Gasteiger partial charge on any atom is 0.185 e. The SMILES string of the molecule is CCCCCCCC(c1c(-c2ccccc2)[nH]c2ccccc12)S(=O)(=O)c1ccc(C)cc1. The standard InChI is InChI=1S/C29H33NO2S/c1-3-4-5-6-10-17-27(33(31,32)24-20-18-22(2)19-21-24)28-25-15-11-12-16-26(25)30-29(28)23-13-8-7-9-14-23/h7-9,11-16,18-21,27,30H,3-6,10,17H2,1-2H3. The van der Waals surface area contributed by atoms with E-state index in [0.29, 0.717) is 11.3 Å². The summed E-state index contributed by atoms with van der Waals surface area (Å²) in [5.41, 5.74) is 4.85. The van der Waals surface area contributed by atoms with Gasteiger partial charge in [-0.15, -0.1) is 0 Å². The quantitative estimate of drug-likeness (QED) is 0.244. The molecule has 0 aliphatic carbocycles. The Labute approximate surface area is 197 Å². The van der Waals surface area contributed by atoms with Gasteiger partial charge >= 0.3 is 0 Å². The lowest BCUT2D eigenvalue weighted by Crippen LogP contribution is -2.15. The van der Waals surface area contributed by atoms with E-state index in [0.717, 1.165) is 52.5 Å². The normalized spacial score (nSPS) is 12.8. The van der Waals surface area contributed by atoms with E-state index in [1.807, 2.05) is 73.7 Å². The lowest BCUT2D eigenvalue weighted by molar-refractivity contribution is 0.556. The largest absolute Gasteiger partial charge is 0.354 e. The van der Waals surface area contributed by atoms with Crippen molar-refractivity contribution in [3.05, 3.63) is 90.0 Å². The highest BCUT2D eigenvalue weighted by Gasteiger charge is 2.33. The van der Waals surface area contributed by atoms with Gasteiger partial charge in [-0.3, -0.25) is 0 Å². The Bertz CT molecular complexity index is 1290. The number of para-hydroxylation sites is 1. The van der Waals surface area contributed by atoms with Crippen LogP contribution in [0.2, 0.25) is 0 Å². The minimum atomic E-state index is -3.58. The van der Waals surface area contributed by atoms with Crippen LogP contribution in [-0.2, 0) is 9.84 Å². The van der Waals surface area contributed by atoms with Crippen LogP contribution in [-0.4, -0.2) is 13.4 Å². The molecule has 0 bridgehead atoms. The van der Waals surface area contributed by atoms with Crippen LogP contribution < -0.4 is 0 Å². The van der Waals surface area contributed by atoms with Crippen LogP contribution in [0.25, 0.3) is 22.2 Å². The van der Waals surface area contributed by atoms with Crippen molar-refractivity contribution in [3.63, 3.8) is 0 Å². The van der Waals surface area contributed by atoms with E-state index in [1.54, 1.807) is 12.1 Å². The molecule has 0 spiro atoms. The molecule has 0 aliphatic rings. The molecular formula is C29H33NO2S. The smallest absolute Gasteiger partial charge is 0.185 e. The van der Waals surface area contributed by atoms with Gasteiger partial charge in [0.2, 0.25) is 0 Å². The highest BCUT2D eigenvalue weighted by molar-refractivity contribution is 7.91. The van der Waals surface area contributed by atoms with E-state index < -0.39 is 15.1 Å². The molecule has 3 nitrogen and oxygen atoms in total. The van der Waals surface area contributed by atoms with Gasteiger partial charge < -0.3 is 4.98 Å². The Morgan fingerprint density at radius 2 is 1.45 bits per heavy atom. The lowest BCUT2D eigenvalue weighted by atomic mass is 9.98. The number of H-pyrrole nitrogens is 1. The van der Waals surface area contributed by atoms with Gasteiger partial charge in [0, 0.05) is 16.5 Å². The summed E-state index contributed by atoms with van der Waals surface area (Å²) in [7, 11) is -3.58. The first-order chi connectivity index (χ1) is 16.0. The highest BCUT2D eigenvalue weighted by Crippen LogP contribution is 2.42. The molecule has 0 fully saturated rings. The van der Waals surface area contributed by atoms with Crippen LogP contribution in [0, 0.1) is 6.92 Å². The van der Waals surface area contributed by atoms with Gasteiger partial charge in [-0.2, -0.15) is 0 Å². The Morgan fingerprint density at radius 1 is 0.788 bits per heavy atom. The number of nitrogens with one attached hydrogen (secondary N) is 1. The van der Waals surface area contributed by atoms with Crippen molar-refractivity contribution in [3.8, 4) is 11.3 Å². The summed E-state index contributed by atoms with van der Waals surface area (Å²) in [6, 6.07) is 25.4. The number of fused-ring (bicyclic) bond motifs is 1. The summed E-state index contributed by atoms with van der Waals surface area (Å²) < 4.78 is 28.2. The van der Waals surface area contributed by atoms with E-state index in [4.69, 9.17) is 0 Å². The maximum atomic E-state index is 14.1. The molecule has 4 rings (SSSR count). The molecule has 1 heterocycles. The molecule has 0 radical (unpaired) electrons. The Hall–Kier alpha value is -2.85. The van der Waals surface area contributed by atoms with Crippen molar-refractivity contribution in [2.75, 3.05) is 0 Å². The van der Waals surface area contributed by atoms with Crippen LogP contribution in [0.1, 0.15) is 61.8 Å². The second-order valence-corrected chi connectivity index (χ2v) is 11.0. The van der Waals surface area contributed by atoms with Gasteiger partial charge in [0.15, 0.2) is 9.84 Å². The van der Waals surface area contributed by atoms with Crippen molar-refractivity contribution in [1.82, 2.24) is 4.98 Å². The minimum absolute atomic E-state index is 0.399. The molecule has 1 N–H and O–H groups in total. The molecule has 1 atom stereocenters. The zero-order chi connectivity index (χ0) is 23.3. The Morgan fingerprint density at radius 3 is 2.18 bits per heavy atom. The molecule has 4 aromatic rings. The Balaban J connectivity index is 1.86. The fourth-order valence-corrected chi connectivity index (χ4v) is 6.49. The number of aryl methyl sites for hydroxylation is 1. The predicted molar refractivity (Wildman–Crippen MR) is 138 cm³/mol. The zero-order valence-electron chi connectivity index (χ0n) is 19.6.